The third-order valence-corrected chi connectivity index (χ3v) is 7.62. The summed E-state index contributed by atoms with van der Waals surface area (Å²) in [4.78, 5) is 45.8. The first-order valence-corrected chi connectivity index (χ1v) is 15.5. The molecule has 0 saturated carbocycles. The molecule has 1 unspecified atom stereocenters. The van der Waals surface area contributed by atoms with Crippen LogP contribution in [0.5, 0.6) is 0 Å². The first-order chi connectivity index (χ1) is 21.4. The summed E-state index contributed by atoms with van der Waals surface area (Å²) in [6.45, 7) is 4.93. The maximum atomic E-state index is 13.7. The van der Waals surface area contributed by atoms with E-state index in [-0.39, 0.29) is 42.6 Å². The van der Waals surface area contributed by atoms with Crippen LogP contribution in [0, 0.1) is 11.8 Å². The summed E-state index contributed by atoms with van der Waals surface area (Å²) >= 11 is 0. The second kappa shape index (κ2) is 17.3. The van der Waals surface area contributed by atoms with Crippen LogP contribution >= 0.6 is 0 Å². The molecular formula is C33H44N6O5. The van der Waals surface area contributed by atoms with Gasteiger partial charge in [0.05, 0.1) is 18.7 Å². The number of nitrogens with zero attached hydrogens (tertiary/aromatic N) is 4. The fourth-order valence-electron chi connectivity index (χ4n) is 5.35. The van der Waals surface area contributed by atoms with Crippen LogP contribution in [-0.2, 0) is 37.0 Å². The highest BCUT2D eigenvalue weighted by molar-refractivity contribution is 5.84. The van der Waals surface area contributed by atoms with E-state index in [9.17, 15) is 14.4 Å². The zero-order valence-corrected chi connectivity index (χ0v) is 25.6. The average Bonchev–Trinajstić information content (AvgIpc) is 3.55. The Hall–Kier alpha value is -4.09. The fourth-order valence-corrected chi connectivity index (χ4v) is 5.35. The van der Waals surface area contributed by atoms with Crippen LogP contribution in [0.15, 0.2) is 73.1 Å². The van der Waals surface area contributed by atoms with Gasteiger partial charge in [-0.25, -0.2) is 20.0 Å². The Bertz CT molecular complexity index is 1280. The minimum atomic E-state index is -0.443. The molecule has 3 amide bonds. The summed E-state index contributed by atoms with van der Waals surface area (Å²) in [5.41, 5.74) is 7.30. The van der Waals surface area contributed by atoms with Gasteiger partial charge >= 0.3 is 0 Å². The van der Waals surface area contributed by atoms with Gasteiger partial charge in [-0.3, -0.25) is 19.8 Å². The zero-order chi connectivity index (χ0) is 31.1. The minimum Gasteiger partial charge on any atom is -0.350 e. The molecule has 0 radical (unpaired) electrons. The van der Waals surface area contributed by atoms with Crippen LogP contribution in [0.3, 0.4) is 0 Å². The molecule has 1 aliphatic rings. The molecule has 2 heterocycles. The number of aromatic nitrogens is 3. The predicted molar refractivity (Wildman–Crippen MR) is 164 cm³/mol. The Morgan fingerprint density at radius 2 is 1.77 bits per heavy atom. The van der Waals surface area contributed by atoms with E-state index in [1.54, 1.807) is 6.20 Å². The number of amides is 3. The second-order valence-corrected chi connectivity index (χ2v) is 11.6. The summed E-state index contributed by atoms with van der Waals surface area (Å²) in [7, 11) is 0. The first kappa shape index (κ1) is 32.8. The molecule has 1 saturated heterocycles. The smallest absolute Gasteiger partial charge is 0.263 e. The van der Waals surface area contributed by atoms with E-state index in [0.717, 1.165) is 30.4 Å². The summed E-state index contributed by atoms with van der Waals surface area (Å²) < 4.78 is 7.01. The highest BCUT2D eigenvalue weighted by Gasteiger charge is 2.27. The van der Waals surface area contributed by atoms with E-state index in [1.807, 2.05) is 60.7 Å². The number of hydrogen-bond acceptors (Lipinski definition) is 7. The van der Waals surface area contributed by atoms with Crippen molar-refractivity contribution >= 4 is 17.7 Å². The van der Waals surface area contributed by atoms with Crippen LogP contribution in [0.1, 0.15) is 75.8 Å². The molecule has 2 aromatic carbocycles. The van der Waals surface area contributed by atoms with E-state index in [4.69, 9.17) is 9.57 Å². The summed E-state index contributed by atoms with van der Waals surface area (Å²) in [5, 5.41) is 9.02. The number of benzene rings is 2. The van der Waals surface area contributed by atoms with Gasteiger partial charge in [0, 0.05) is 25.1 Å². The SMILES string of the molecule is CC(C)C[C@@H](CCC[C@H](C(=O)NOC1CCCCO1)c1ccccc1)C(=O)NN(Cc1ccccc1)C(=O)Cn1ccnn1. The molecule has 0 aliphatic carbocycles. The standard InChI is InChI=1S/C33H44N6O5/c1-25(2)22-28(32(41)35-39(23-26-12-5-3-6-13-26)30(40)24-38-20-19-34-37-38)16-11-17-29(27-14-7-4-8-15-27)33(42)36-44-31-18-9-10-21-43-31/h3-8,12-15,19-20,25,28-29,31H,9-11,16-18,21-24H2,1-2H3,(H,35,41)(H,36,42)/t28-,29+,31?/m1/s1. The molecule has 0 spiro atoms. The van der Waals surface area contributed by atoms with Gasteiger partial charge in [-0.2, -0.15) is 0 Å². The molecular weight excluding hydrogens is 560 g/mol. The number of nitrogens with one attached hydrogen (secondary N) is 2. The van der Waals surface area contributed by atoms with Gasteiger partial charge in [-0.05, 0) is 49.1 Å². The van der Waals surface area contributed by atoms with Gasteiger partial charge in [-0.15, -0.1) is 5.10 Å². The Morgan fingerprint density at radius 3 is 2.43 bits per heavy atom. The van der Waals surface area contributed by atoms with E-state index < -0.39 is 12.2 Å². The summed E-state index contributed by atoms with van der Waals surface area (Å²) in [5.74, 6) is -1.29. The molecule has 0 bridgehead atoms. The summed E-state index contributed by atoms with van der Waals surface area (Å²) in [6, 6.07) is 19.1. The molecule has 236 valence electrons. The quantitative estimate of drug-likeness (QED) is 0.244. The molecule has 1 aromatic heterocycles. The van der Waals surface area contributed by atoms with Crippen molar-refractivity contribution in [1.29, 1.82) is 0 Å². The molecule has 11 heteroatoms. The van der Waals surface area contributed by atoms with Gasteiger partial charge < -0.3 is 4.74 Å². The van der Waals surface area contributed by atoms with Crippen LogP contribution in [0.4, 0.5) is 0 Å². The number of carbonyl (C=O) groups excluding carboxylic acids is 3. The molecule has 44 heavy (non-hydrogen) atoms. The molecule has 11 nitrogen and oxygen atoms in total. The normalized spacial score (nSPS) is 16.2. The van der Waals surface area contributed by atoms with Gasteiger partial charge in [-0.1, -0.05) is 86.1 Å². The van der Waals surface area contributed by atoms with Crippen molar-refractivity contribution < 1.29 is 24.0 Å². The van der Waals surface area contributed by atoms with Crippen molar-refractivity contribution in [2.75, 3.05) is 6.61 Å². The molecule has 3 aromatic rings. The van der Waals surface area contributed by atoms with Gasteiger partial charge in [0.25, 0.3) is 11.8 Å². The number of hydrazine groups is 1. The molecule has 3 atom stereocenters. The lowest BCUT2D eigenvalue weighted by molar-refractivity contribution is -0.201. The number of carbonyl (C=O) groups is 3. The van der Waals surface area contributed by atoms with Crippen LogP contribution in [-0.4, -0.2) is 50.6 Å². The third-order valence-electron chi connectivity index (χ3n) is 7.62. The van der Waals surface area contributed by atoms with E-state index in [1.165, 1.54) is 15.9 Å². The lowest BCUT2D eigenvalue weighted by Gasteiger charge is -2.27. The Kier molecular flexibility index (Phi) is 12.9. The van der Waals surface area contributed by atoms with E-state index in [0.29, 0.717) is 32.3 Å². The first-order valence-electron chi connectivity index (χ1n) is 15.5. The van der Waals surface area contributed by atoms with Crippen molar-refractivity contribution in [1.82, 2.24) is 30.9 Å². The zero-order valence-electron chi connectivity index (χ0n) is 25.6. The van der Waals surface area contributed by atoms with Crippen molar-refractivity contribution in [3.8, 4) is 0 Å². The van der Waals surface area contributed by atoms with Crippen LogP contribution in [0.2, 0.25) is 0 Å². The molecule has 4 rings (SSSR count). The monoisotopic (exact) mass is 604 g/mol. The van der Waals surface area contributed by atoms with Crippen molar-refractivity contribution in [2.24, 2.45) is 11.8 Å². The van der Waals surface area contributed by atoms with Crippen molar-refractivity contribution in [3.05, 3.63) is 84.2 Å². The van der Waals surface area contributed by atoms with Crippen molar-refractivity contribution in [3.63, 3.8) is 0 Å². The predicted octanol–water partition coefficient (Wildman–Crippen LogP) is 4.53. The highest BCUT2D eigenvalue weighted by Crippen LogP contribution is 2.26. The Labute approximate surface area is 259 Å². The summed E-state index contributed by atoms with van der Waals surface area (Å²) in [6.07, 6.45) is 7.77. The van der Waals surface area contributed by atoms with Crippen LogP contribution < -0.4 is 10.9 Å². The van der Waals surface area contributed by atoms with E-state index in [2.05, 4.69) is 35.1 Å². The largest absolute Gasteiger partial charge is 0.350 e. The maximum Gasteiger partial charge on any atom is 0.263 e. The van der Waals surface area contributed by atoms with Crippen LogP contribution in [0.25, 0.3) is 0 Å². The molecule has 1 fully saturated rings. The van der Waals surface area contributed by atoms with Crippen molar-refractivity contribution in [2.45, 2.75) is 84.1 Å². The highest BCUT2D eigenvalue weighted by atomic mass is 16.8. The number of rotatable bonds is 15. The van der Waals surface area contributed by atoms with E-state index >= 15 is 0 Å². The van der Waals surface area contributed by atoms with Gasteiger partial charge in [0.1, 0.15) is 6.54 Å². The minimum absolute atomic E-state index is 0.0518. The number of hydroxylamine groups is 1. The number of ether oxygens (including phenoxy) is 1. The Balaban J connectivity index is 1.40. The molecule has 2 N–H and O–H groups in total. The number of hydrogen-bond donors (Lipinski definition) is 2. The second-order valence-electron chi connectivity index (χ2n) is 11.6. The topological polar surface area (TPSA) is 128 Å². The lowest BCUT2D eigenvalue weighted by Crippen LogP contribution is -2.49. The average molecular weight is 605 g/mol. The fraction of sp³-hybridized carbons (Fsp3) is 0.485. The Morgan fingerprint density at radius 1 is 1.02 bits per heavy atom. The maximum absolute atomic E-state index is 13.7. The lowest BCUT2D eigenvalue weighted by atomic mass is 9.87. The molecule has 1 aliphatic heterocycles. The van der Waals surface area contributed by atoms with Gasteiger partial charge in [0.2, 0.25) is 5.91 Å². The van der Waals surface area contributed by atoms with Gasteiger partial charge in [0.15, 0.2) is 6.29 Å². The third kappa shape index (κ3) is 10.6.